The Morgan fingerprint density at radius 3 is 2.00 bits per heavy atom. The summed E-state index contributed by atoms with van der Waals surface area (Å²) in [5.74, 6) is 0. The summed E-state index contributed by atoms with van der Waals surface area (Å²) < 4.78 is 26.3. The van der Waals surface area contributed by atoms with Crippen molar-refractivity contribution in [3.63, 3.8) is 0 Å². The third kappa shape index (κ3) is 2.26. The van der Waals surface area contributed by atoms with Gasteiger partial charge in [0.25, 0.3) is 0 Å². The SMILES string of the molecule is CCN(C(CC)(CC)CN)S(=O)(=O)C1CC1. The van der Waals surface area contributed by atoms with Crippen molar-refractivity contribution in [3.05, 3.63) is 0 Å². The molecule has 1 aliphatic rings. The molecule has 1 fully saturated rings. The Morgan fingerprint density at radius 1 is 1.25 bits per heavy atom. The molecule has 0 aromatic carbocycles. The number of nitrogens with two attached hydrogens (primary N) is 1. The Hall–Kier alpha value is -0.130. The van der Waals surface area contributed by atoms with Crippen LogP contribution in [0.3, 0.4) is 0 Å². The summed E-state index contributed by atoms with van der Waals surface area (Å²) in [5, 5.41) is -0.142. The number of hydrogen-bond donors (Lipinski definition) is 1. The summed E-state index contributed by atoms with van der Waals surface area (Å²) in [6.45, 7) is 6.86. The van der Waals surface area contributed by atoms with Gasteiger partial charge in [0.2, 0.25) is 10.0 Å². The van der Waals surface area contributed by atoms with E-state index in [4.69, 9.17) is 5.73 Å². The maximum Gasteiger partial charge on any atom is 0.217 e. The smallest absolute Gasteiger partial charge is 0.217 e. The van der Waals surface area contributed by atoms with E-state index in [1.807, 2.05) is 20.8 Å². The van der Waals surface area contributed by atoms with Crippen LogP contribution in [0.15, 0.2) is 0 Å². The van der Waals surface area contributed by atoms with Crippen LogP contribution < -0.4 is 5.73 Å². The van der Waals surface area contributed by atoms with Crippen LogP contribution in [0, 0.1) is 0 Å². The Kier molecular flexibility index (Phi) is 4.37. The van der Waals surface area contributed by atoms with Gasteiger partial charge in [0.15, 0.2) is 0 Å². The molecule has 96 valence electrons. The van der Waals surface area contributed by atoms with Crippen LogP contribution in [0.1, 0.15) is 46.5 Å². The quantitative estimate of drug-likeness (QED) is 0.739. The second kappa shape index (κ2) is 5.02. The largest absolute Gasteiger partial charge is 0.329 e. The highest BCUT2D eigenvalue weighted by atomic mass is 32.2. The number of nitrogens with zero attached hydrogens (tertiary/aromatic N) is 1. The molecule has 0 aromatic heterocycles. The number of hydrogen-bond acceptors (Lipinski definition) is 3. The van der Waals surface area contributed by atoms with Crippen LogP contribution in [0.25, 0.3) is 0 Å². The van der Waals surface area contributed by atoms with Gasteiger partial charge in [0.1, 0.15) is 0 Å². The number of sulfonamides is 1. The average Bonchev–Trinajstić information content (AvgIpc) is 3.09. The lowest BCUT2D eigenvalue weighted by molar-refractivity contribution is 0.184. The second-order valence-electron chi connectivity index (χ2n) is 4.54. The van der Waals surface area contributed by atoms with E-state index >= 15 is 0 Å². The average molecular weight is 248 g/mol. The van der Waals surface area contributed by atoms with E-state index in [1.54, 1.807) is 4.31 Å². The van der Waals surface area contributed by atoms with Crippen LogP contribution in [0.4, 0.5) is 0 Å². The van der Waals surface area contributed by atoms with Crippen LogP contribution in [0.5, 0.6) is 0 Å². The molecule has 16 heavy (non-hydrogen) atoms. The highest BCUT2D eigenvalue weighted by Gasteiger charge is 2.46. The van der Waals surface area contributed by atoms with Crippen molar-refractivity contribution in [2.75, 3.05) is 13.1 Å². The molecule has 0 heterocycles. The van der Waals surface area contributed by atoms with Gasteiger partial charge in [-0.05, 0) is 25.7 Å². The monoisotopic (exact) mass is 248 g/mol. The molecule has 0 bridgehead atoms. The molecule has 2 N–H and O–H groups in total. The summed E-state index contributed by atoms with van der Waals surface area (Å²) >= 11 is 0. The predicted molar refractivity (Wildman–Crippen MR) is 66.7 cm³/mol. The van der Waals surface area contributed by atoms with E-state index < -0.39 is 10.0 Å². The van der Waals surface area contributed by atoms with Crippen LogP contribution in [-0.2, 0) is 10.0 Å². The first kappa shape index (κ1) is 13.9. The molecule has 0 atom stereocenters. The highest BCUT2D eigenvalue weighted by Crippen LogP contribution is 2.36. The predicted octanol–water partition coefficient (Wildman–Crippen LogP) is 1.32. The van der Waals surface area contributed by atoms with Crippen molar-refractivity contribution in [1.82, 2.24) is 4.31 Å². The van der Waals surface area contributed by atoms with Gasteiger partial charge in [-0.3, -0.25) is 0 Å². The van der Waals surface area contributed by atoms with Gasteiger partial charge in [-0.1, -0.05) is 20.8 Å². The first-order chi connectivity index (χ1) is 7.48. The van der Waals surface area contributed by atoms with Gasteiger partial charge in [0.05, 0.1) is 5.25 Å². The summed E-state index contributed by atoms with van der Waals surface area (Å²) in [6.07, 6.45) is 3.18. The van der Waals surface area contributed by atoms with E-state index in [-0.39, 0.29) is 10.8 Å². The standard InChI is InChI=1S/C11H24N2O2S/c1-4-11(5-2,9-12)13(6-3)16(14,15)10-7-8-10/h10H,4-9,12H2,1-3H3. The normalized spacial score (nSPS) is 18.1. The lowest BCUT2D eigenvalue weighted by atomic mass is 9.93. The van der Waals surface area contributed by atoms with Gasteiger partial charge in [-0.25, -0.2) is 8.42 Å². The fraction of sp³-hybridized carbons (Fsp3) is 1.00. The molecule has 1 aliphatic carbocycles. The zero-order valence-corrected chi connectivity index (χ0v) is 11.4. The summed E-state index contributed by atoms with van der Waals surface area (Å²) in [4.78, 5) is 0. The number of rotatable bonds is 7. The highest BCUT2D eigenvalue weighted by molar-refractivity contribution is 7.90. The first-order valence-electron chi connectivity index (χ1n) is 6.20. The van der Waals surface area contributed by atoms with Crippen LogP contribution in [0.2, 0.25) is 0 Å². The van der Waals surface area contributed by atoms with Crippen molar-refractivity contribution in [1.29, 1.82) is 0 Å². The maximum absolute atomic E-state index is 12.3. The summed E-state index contributed by atoms with van der Waals surface area (Å²) in [5.41, 5.74) is 5.44. The minimum atomic E-state index is -3.12. The molecular weight excluding hydrogens is 224 g/mol. The molecule has 1 rings (SSSR count). The van der Waals surface area contributed by atoms with Gasteiger partial charge >= 0.3 is 0 Å². The summed E-state index contributed by atoms with van der Waals surface area (Å²) in [7, 11) is -3.12. The first-order valence-corrected chi connectivity index (χ1v) is 7.70. The van der Waals surface area contributed by atoms with Crippen molar-refractivity contribution >= 4 is 10.0 Å². The molecule has 0 aliphatic heterocycles. The van der Waals surface area contributed by atoms with Crippen molar-refractivity contribution in [3.8, 4) is 0 Å². The second-order valence-corrected chi connectivity index (χ2v) is 6.68. The van der Waals surface area contributed by atoms with Crippen molar-refractivity contribution in [2.24, 2.45) is 5.73 Å². The van der Waals surface area contributed by atoms with E-state index in [2.05, 4.69) is 0 Å². The minimum Gasteiger partial charge on any atom is -0.329 e. The Morgan fingerprint density at radius 2 is 1.75 bits per heavy atom. The fourth-order valence-electron chi connectivity index (χ4n) is 2.32. The zero-order chi connectivity index (χ0) is 12.4. The molecule has 0 saturated heterocycles. The van der Waals surface area contributed by atoms with Gasteiger partial charge in [0, 0.05) is 18.6 Å². The fourth-order valence-corrected chi connectivity index (χ4v) is 4.65. The molecule has 0 radical (unpaired) electrons. The molecule has 5 heteroatoms. The number of likely N-dealkylation sites (N-methyl/N-ethyl adjacent to an activating group) is 1. The Labute approximate surface area is 99.2 Å². The van der Waals surface area contributed by atoms with E-state index in [0.717, 1.165) is 25.7 Å². The molecule has 0 unspecified atom stereocenters. The Bertz CT molecular complexity index is 311. The Balaban J connectivity index is 3.03. The van der Waals surface area contributed by atoms with Crippen molar-refractivity contribution in [2.45, 2.75) is 57.2 Å². The molecule has 0 aromatic rings. The molecule has 1 saturated carbocycles. The van der Waals surface area contributed by atoms with Gasteiger partial charge in [-0.2, -0.15) is 4.31 Å². The molecule has 0 spiro atoms. The van der Waals surface area contributed by atoms with E-state index in [9.17, 15) is 8.42 Å². The molecular formula is C11H24N2O2S. The zero-order valence-electron chi connectivity index (χ0n) is 10.6. The third-order valence-electron chi connectivity index (χ3n) is 3.77. The lowest BCUT2D eigenvalue weighted by Crippen LogP contribution is -2.56. The van der Waals surface area contributed by atoms with Gasteiger partial charge in [-0.15, -0.1) is 0 Å². The van der Waals surface area contributed by atoms with E-state index in [0.29, 0.717) is 13.1 Å². The van der Waals surface area contributed by atoms with E-state index in [1.165, 1.54) is 0 Å². The van der Waals surface area contributed by atoms with Crippen LogP contribution in [-0.4, -0.2) is 36.6 Å². The van der Waals surface area contributed by atoms with Gasteiger partial charge < -0.3 is 5.73 Å². The molecule has 4 nitrogen and oxygen atoms in total. The topological polar surface area (TPSA) is 63.4 Å². The van der Waals surface area contributed by atoms with Crippen molar-refractivity contribution < 1.29 is 8.42 Å². The maximum atomic E-state index is 12.3. The third-order valence-corrected chi connectivity index (χ3v) is 6.34. The summed E-state index contributed by atoms with van der Waals surface area (Å²) in [6, 6.07) is 0. The lowest BCUT2D eigenvalue weighted by Gasteiger charge is -2.41. The van der Waals surface area contributed by atoms with Crippen LogP contribution >= 0.6 is 0 Å². The minimum absolute atomic E-state index is 0.142. The molecule has 0 amide bonds.